The largest absolute Gasteiger partial charge is 0.464 e. The summed E-state index contributed by atoms with van der Waals surface area (Å²) in [5.41, 5.74) is 1.96. The molecule has 1 aromatic carbocycles. The summed E-state index contributed by atoms with van der Waals surface area (Å²) in [5.74, 6) is -1.11. The van der Waals surface area contributed by atoms with Crippen molar-refractivity contribution in [3.8, 4) is 11.3 Å². The van der Waals surface area contributed by atoms with Crippen LogP contribution in [0.1, 0.15) is 27.8 Å². The fourth-order valence-electron chi connectivity index (χ4n) is 2.32. The molecule has 122 valence electrons. The molecule has 0 saturated heterocycles. The highest BCUT2D eigenvalue weighted by Crippen LogP contribution is 2.22. The molecular weight excluding hydrogens is 310 g/mol. The number of benzene rings is 1. The maximum Gasteiger partial charge on any atom is 0.356 e. The molecule has 0 bridgehead atoms. The van der Waals surface area contributed by atoms with E-state index in [2.05, 4.69) is 10.1 Å². The van der Waals surface area contributed by atoms with Crippen molar-refractivity contribution in [2.75, 3.05) is 13.7 Å². The van der Waals surface area contributed by atoms with Crippen LogP contribution in [0.15, 0.2) is 42.6 Å². The Balaban J connectivity index is 2.25. The minimum atomic E-state index is -0.571. The zero-order valence-electron chi connectivity index (χ0n) is 13.2. The number of esters is 2. The van der Waals surface area contributed by atoms with Gasteiger partial charge in [0.15, 0.2) is 11.3 Å². The van der Waals surface area contributed by atoms with Crippen LogP contribution < -0.4 is 0 Å². The summed E-state index contributed by atoms with van der Waals surface area (Å²) in [6.45, 7) is 1.95. The Morgan fingerprint density at radius 2 is 1.92 bits per heavy atom. The molecule has 0 radical (unpaired) electrons. The molecule has 2 aromatic heterocycles. The molecule has 2 heterocycles. The highest BCUT2D eigenvalue weighted by molar-refractivity contribution is 5.97. The van der Waals surface area contributed by atoms with Crippen LogP contribution in [0, 0.1) is 0 Å². The van der Waals surface area contributed by atoms with Gasteiger partial charge in [0.2, 0.25) is 0 Å². The van der Waals surface area contributed by atoms with Gasteiger partial charge in [-0.3, -0.25) is 0 Å². The molecule has 0 amide bonds. The lowest BCUT2D eigenvalue weighted by molar-refractivity contribution is 0.0526. The first-order chi connectivity index (χ1) is 11.7. The molecule has 0 aliphatic rings. The molecule has 0 unspecified atom stereocenters. The lowest BCUT2D eigenvalue weighted by atomic mass is 10.1. The van der Waals surface area contributed by atoms with Crippen LogP contribution in [-0.2, 0) is 9.47 Å². The summed E-state index contributed by atoms with van der Waals surface area (Å²) in [6.07, 6.45) is 1.33. The van der Waals surface area contributed by atoms with Gasteiger partial charge in [-0.2, -0.15) is 5.10 Å². The topological polar surface area (TPSA) is 82.8 Å². The number of fused-ring (bicyclic) bond motifs is 1. The van der Waals surface area contributed by atoms with Crippen LogP contribution >= 0.6 is 0 Å². The number of hydrogen-bond donors (Lipinski definition) is 0. The average Bonchev–Trinajstić information content (AvgIpc) is 3.05. The standard InChI is InChI=1S/C17H15N3O4/c1-3-24-16(21)12-10-18-20-14(17(22)23-2)9-13(19-15(12)20)11-7-5-4-6-8-11/h4-10H,3H2,1-2H3. The Morgan fingerprint density at radius 3 is 2.58 bits per heavy atom. The minimum absolute atomic E-state index is 0.178. The monoisotopic (exact) mass is 325 g/mol. The molecule has 3 rings (SSSR count). The Morgan fingerprint density at radius 1 is 1.17 bits per heavy atom. The summed E-state index contributed by atoms with van der Waals surface area (Å²) in [6, 6.07) is 10.9. The van der Waals surface area contributed by atoms with E-state index in [1.54, 1.807) is 13.0 Å². The third-order valence-corrected chi connectivity index (χ3v) is 3.43. The van der Waals surface area contributed by atoms with Crippen LogP contribution in [-0.4, -0.2) is 40.3 Å². The highest BCUT2D eigenvalue weighted by Gasteiger charge is 2.21. The molecule has 3 aromatic rings. The zero-order chi connectivity index (χ0) is 17.1. The van der Waals surface area contributed by atoms with Crippen molar-refractivity contribution in [3.63, 3.8) is 0 Å². The lowest BCUT2D eigenvalue weighted by Gasteiger charge is -2.07. The number of methoxy groups -OCH3 is 1. The van der Waals surface area contributed by atoms with Gasteiger partial charge in [0.25, 0.3) is 0 Å². The van der Waals surface area contributed by atoms with E-state index < -0.39 is 11.9 Å². The van der Waals surface area contributed by atoms with Crippen LogP contribution in [0.3, 0.4) is 0 Å². The van der Waals surface area contributed by atoms with Gasteiger partial charge in [0.05, 0.1) is 25.6 Å². The number of hydrogen-bond acceptors (Lipinski definition) is 6. The number of aromatic nitrogens is 3. The van der Waals surface area contributed by atoms with E-state index in [0.717, 1.165) is 5.56 Å². The number of rotatable bonds is 4. The van der Waals surface area contributed by atoms with Gasteiger partial charge in [-0.25, -0.2) is 19.1 Å². The normalized spacial score (nSPS) is 10.6. The second-order valence-electron chi connectivity index (χ2n) is 4.90. The maximum atomic E-state index is 12.1. The molecule has 0 saturated carbocycles. The third-order valence-electron chi connectivity index (χ3n) is 3.43. The summed E-state index contributed by atoms with van der Waals surface area (Å²) in [7, 11) is 1.28. The first kappa shape index (κ1) is 15.7. The lowest BCUT2D eigenvalue weighted by Crippen LogP contribution is -2.12. The van der Waals surface area contributed by atoms with Gasteiger partial charge in [0, 0.05) is 5.56 Å². The molecule has 0 aliphatic carbocycles. The van der Waals surface area contributed by atoms with E-state index in [-0.39, 0.29) is 23.5 Å². The Labute approximate surface area is 137 Å². The summed E-state index contributed by atoms with van der Waals surface area (Å²) < 4.78 is 11.1. The number of carbonyl (C=O) groups excluding carboxylic acids is 2. The van der Waals surface area contributed by atoms with Crippen molar-refractivity contribution in [1.82, 2.24) is 14.6 Å². The molecule has 0 aliphatic heterocycles. The molecule has 24 heavy (non-hydrogen) atoms. The van der Waals surface area contributed by atoms with Crippen LogP contribution in [0.25, 0.3) is 16.9 Å². The van der Waals surface area contributed by atoms with Crippen molar-refractivity contribution in [2.24, 2.45) is 0 Å². The van der Waals surface area contributed by atoms with E-state index in [1.807, 2.05) is 30.3 Å². The van der Waals surface area contributed by atoms with Gasteiger partial charge < -0.3 is 9.47 Å². The van der Waals surface area contributed by atoms with Crippen molar-refractivity contribution in [3.05, 3.63) is 53.9 Å². The SMILES string of the molecule is CCOC(=O)c1cnn2c(C(=O)OC)cc(-c3ccccc3)nc12. The second-order valence-corrected chi connectivity index (χ2v) is 4.90. The van der Waals surface area contributed by atoms with Crippen molar-refractivity contribution in [2.45, 2.75) is 6.92 Å². The van der Waals surface area contributed by atoms with E-state index in [0.29, 0.717) is 5.69 Å². The van der Waals surface area contributed by atoms with E-state index in [9.17, 15) is 9.59 Å². The molecule has 0 atom stereocenters. The number of nitrogens with zero attached hydrogens (tertiary/aromatic N) is 3. The summed E-state index contributed by atoms with van der Waals surface area (Å²) in [5, 5.41) is 4.08. The minimum Gasteiger partial charge on any atom is -0.464 e. The van der Waals surface area contributed by atoms with E-state index >= 15 is 0 Å². The average molecular weight is 325 g/mol. The predicted molar refractivity (Wildman–Crippen MR) is 85.7 cm³/mol. The van der Waals surface area contributed by atoms with Crippen molar-refractivity contribution >= 4 is 17.6 Å². The highest BCUT2D eigenvalue weighted by atomic mass is 16.5. The summed E-state index contributed by atoms with van der Waals surface area (Å²) >= 11 is 0. The molecule has 7 heteroatoms. The van der Waals surface area contributed by atoms with Crippen molar-refractivity contribution in [1.29, 1.82) is 0 Å². The Hall–Kier alpha value is -3.22. The Bertz CT molecular complexity index is 903. The van der Waals surface area contributed by atoms with Crippen LogP contribution in [0.2, 0.25) is 0 Å². The Kier molecular flexibility index (Phi) is 4.24. The first-order valence-electron chi connectivity index (χ1n) is 7.35. The number of carbonyl (C=O) groups is 2. The zero-order valence-corrected chi connectivity index (χ0v) is 13.2. The van der Waals surface area contributed by atoms with Gasteiger partial charge in [0.1, 0.15) is 5.56 Å². The second kappa shape index (κ2) is 6.49. The summed E-state index contributed by atoms with van der Waals surface area (Å²) in [4.78, 5) is 28.7. The van der Waals surface area contributed by atoms with Crippen molar-refractivity contribution < 1.29 is 19.1 Å². The maximum absolute atomic E-state index is 12.1. The van der Waals surface area contributed by atoms with Gasteiger partial charge in [-0.1, -0.05) is 30.3 Å². The van der Waals surface area contributed by atoms with Gasteiger partial charge in [-0.05, 0) is 13.0 Å². The quantitative estimate of drug-likeness (QED) is 0.685. The van der Waals surface area contributed by atoms with Gasteiger partial charge in [-0.15, -0.1) is 0 Å². The molecule has 7 nitrogen and oxygen atoms in total. The smallest absolute Gasteiger partial charge is 0.356 e. The molecular formula is C17H15N3O4. The fraction of sp³-hybridized carbons (Fsp3) is 0.176. The van der Waals surface area contributed by atoms with E-state index in [4.69, 9.17) is 9.47 Å². The van der Waals surface area contributed by atoms with E-state index in [1.165, 1.54) is 17.8 Å². The fourth-order valence-corrected chi connectivity index (χ4v) is 2.32. The third kappa shape index (κ3) is 2.71. The van der Waals surface area contributed by atoms with Crippen LogP contribution in [0.5, 0.6) is 0 Å². The molecule has 0 spiro atoms. The first-order valence-corrected chi connectivity index (χ1v) is 7.35. The van der Waals surface area contributed by atoms with Crippen LogP contribution in [0.4, 0.5) is 0 Å². The van der Waals surface area contributed by atoms with Gasteiger partial charge >= 0.3 is 11.9 Å². The molecule has 0 fully saturated rings. The number of ether oxygens (including phenoxy) is 2. The predicted octanol–water partition coefficient (Wildman–Crippen LogP) is 2.36. The molecule has 0 N–H and O–H groups in total.